The van der Waals surface area contributed by atoms with Crippen molar-refractivity contribution in [3.8, 4) is 29.0 Å². The second-order valence-corrected chi connectivity index (χ2v) is 8.17. The van der Waals surface area contributed by atoms with Gasteiger partial charge in [-0.15, -0.1) is 11.8 Å². The first kappa shape index (κ1) is 20.5. The van der Waals surface area contributed by atoms with E-state index in [1.165, 1.54) is 0 Å². The molecule has 2 fully saturated rings. The van der Waals surface area contributed by atoms with Gasteiger partial charge in [0.1, 0.15) is 40.4 Å². The average molecular weight is 423 g/mol. The van der Waals surface area contributed by atoms with Crippen LogP contribution in [-0.2, 0) is 9.47 Å². The number of aromatic nitrogens is 1. The molecule has 154 valence electrons. The van der Waals surface area contributed by atoms with Gasteiger partial charge in [-0.3, -0.25) is 0 Å². The van der Waals surface area contributed by atoms with Gasteiger partial charge in [-0.25, -0.2) is 4.98 Å². The molecule has 1 aromatic carbocycles. The van der Waals surface area contributed by atoms with Crippen LogP contribution in [0, 0.1) is 28.6 Å². The molecule has 1 N–H and O–H groups in total. The molecule has 8 heteroatoms. The summed E-state index contributed by atoms with van der Waals surface area (Å²) < 4.78 is 16.2. The van der Waals surface area contributed by atoms with Crippen molar-refractivity contribution in [2.24, 2.45) is 5.92 Å². The monoisotopic (exact) mass is 422 g/mol. The number of hydrogen-bond acceptors (Lipinski definition) is 8. The van der Waals surface area contributed by atoms with Gasteiger partial charge in [0.15, 0.2) is 0 Å². The fourth-order valence-electron chi connectivity index (χ4n) is 3.22. The van der Waals surface area contributed by atoms with Crippen molar-refractivity contribution in [3.05, 3.63) is 35.4 Å². The molecule has 2 aromatic rings. The van der Waals surface area contributed by atoms with E-state index in [-0.39, 0.29) is 6.10 Å². The van der Waals surface area contributed by atoms with Crippen molar-refractivity contribution in [2.75, 3.05) is 44.0 Å². The van der Waals surface area contributed by atoms with Gasteiger partial charge >= 0.3 is 0 Å². The van der Waals surface area contributed by atoms with E-state index in [2.05, 4.69) is 22.4 Å². The Morgan fingerprint density at radius 3 is 2.33 bits per heavy atom. The van der Waals surface area contributed by atoms with Gasteiger partial charge in [-0.2, -0.15) is 10.5 Å². The highest BCUT2D eigenvalue weighted by Crippen LogP contribution is 2.38. The molecule has 4 rings (SSSR count). The number of nitriles is 2. The number of benzene rings is 1. The zero-order valence-corrected chi connectivity index (χ0v) is 17.5. The Labute approximate surface area is 180 Å². The summed E-state index contributed by atoms with van der Waals surface area (Å²) in [5.74, 6) is 2.55. The van der Waals surface area contributed by atoms with Crippen LogP contribution in [-0.4, -0.2) is 49.8 Å². The van der Waals surface area contributed by atoms with Crippen molar-refractivity contribution in [1.82, 2.24) is 4.98 Å². The molecule has 2 saturated heterocycles. The van der Waals surface area contributed by atoms with Gasteiger partial charge in [-0.05, 0) is 24.6 Å². The van der Waals surface area contributed by atoms with E-state index in [4.69, 9.17) is 14.2 Å². The van der Waals surface area contributed by atoms with E-state index < -0.39 is 0 Å². The number of nitrogens with zero attached hydrogens (tertiary/aromatic N) is 3. The van der Waals surface area contributed by atoms with Gasteiger partial charge in [0, 0.05) is 23.8 Å². The molecule has 2 aliphatic heterocycles. The number of anilines is 1. The molecule has 0 atom stereocenters. The lowest BCUT2D eigenvalue weighted by atomic mass is 9.96. The maximum Gasteiger partial charge on any atom is 0.146 e. The van der Waals surface area contributed by atoms with E-state index in [1.807, 2.05) is 31.2 Å². The Morgan fingerprint density at radius 2 is 1.80 bits per heavy atom. The van der Waals surface area contributed by atoms with Crippen LogP contribution >= 0.6 is 11.8 Å². The fourth-order valence-corrected chi connectivity index (χ4v) is 4.25. The van der Waals surface area contributed by atoms with Crippen LogP contribution in [0.1, 0.15) is 18.1 Å². The lowest BCUT2D eigenvalue weighted by Crippen LogP contribution is -2.38. The van der Waals surface area contributed by atoms with Crippen molar-refractivity contribution >= 4 is 17.6 Å². The summed E-state index contributed by atoms with van der Waals surface area (Å²) in [6, 6.07) is 12.0. The minimum absolute atomic E-state index is 0.0833. The van der Waals surface area contributed by atoms with Gasteiger partial charge < -0.3 is 19.5 Å². The molecule has 1 aromatic heterocycles. The summed E-state index contributed by atoms with van der Waals surface area (Å²) in [6.45, 7) is 5.26. The number of pyridine rings is 1. The largest absolute Gasteiger partial charge is 0.486 e. The maximum absolute atomic E-state index is 9.95. The molecule has 0 spiro atoms. The van der Waals surface area contributed by atoms with Crippen LogP contribution in [0.15, 0.2) is 29.3 Å². The van der Waals surface area contributed by atoms with Crippen LogP contribution in [0.2, 0.25) is 0 Å². The third-order valence-electron chi connectivity index (χ3n) is 4.95. The van der Waals surface area contributed by atoms with Crippen molar-refractivity contribution < 1.29 is 14.2 Å². The zero-order chi connectivity index (χ0) is 20.9. The summed E-state index contributed by atoms with van der Waals surface area (Å²) >= 11 is 1.54. The Kier molecular flexibility index (Phi) is 6.39. The molecule has 3 heterocycles. The van der Waals surface area contributed by atoms with Gasteiger partial charge in [0.2, 0.25) is 0 Å². The van der Waals surface area contributed by atoms with Gasteiger partial charge in [0.05, 0.1) is 32.0 Å². The predicted octanol–water partition coefficient (Wildman–Crippen LogP) is 3.44. The van der Waals surface area contributed by atoms with Crippen LogP contribution in [0.5, 0.6) is 5.75 Å². The summed E-state index contributed by atoms with van der Waals surface area (Å²) in [7, 11) is 0. The molecular weight excluding hydrogens is 400 g/mol. The maximum atomic E-state index is 9.95. The lowest BCUT2D eigenvalue weighted by Gasteiger charge is -2.26. The third-order valence-corrected chi connectivity index (χ3v) is 6.15. The molecule has 0 amide bonds. The standard InChI is InChI=1S/C22H22N4O3S/c1-2-25-21-18(7-23)20(15-3-5-16(6-4-15)29-17-11-28-12-17)19(8-24)22(26-21)30-13-14-9-27-10-14/h3-6,14,17H,2,9-13H2,1H3,(H,25,26). The van der Waals surface area contributed by atoms with E-state index in [0.717, 1.165) is 30.3 Å². The van der Waals surface area contributed by atoms with E-state index in [0.29, 0.717) is 53.2 Å². The Balaban J connectivity index is 1.72. The van der Waals surface area contributed by atoms with Gasteiger partial charge in [-0.1, -0.05) is 12.1 Å². The van der Waals surface area contributed by atoms with E-state index >= 15 is 0 Å². The SMILES string of the molecule is CCNc1nc(SCC2COC2)c(C#N)c(-c2ccc(OC3COC3)cc2)c1C#N. The normalized spacial score (nSPS) is 16.1. The Hall–Kier alpha value is -2.78. The third kappa shape index (κ3) is 4.22. The first-order chi connectivity index (χ1) is 14.7. The van der Waals surface area contributed by atoms with Crippen LogP contribution < -0.4 is 10.1 Å². The minimum atomic E-state index is 0.0833. The second-order valence-electron chi connectivity index (χ2n) is 7.16. The summed E-state index contributed by atoms with van der Waals surface area (Å²) in [5.41, 5.74) is 2.21. The highest BCUT2D eigenvalue weighted by Gasteiger charge is 2.25. The molecule has 7 nitrogen and oxygen atoms in total. The highest BCUT2D eigenvalue weighted by molar-refractivity contribution is 7.99. The number of rotatable bonds is 8. The number of hydrogen-bond donors (Lipinski definition) is 1. The van der Waals surface area contributed by atoms with Gasteiger partial charge in [0.25, 0.3) is 0 Å². The second kappa shape index (κ2) is 9.36. The fraction of sp³-hybridized carbons (Fsp3) is 0.409. The van der Waals surface area contributed by atoms with E-state index in [9.17, 15) is 10.5 Å². The first-order valence-electron chi connectivity index (χ1n) is 9.91. The zero-order valence-electron chi connectivity index (χ0n) is 16.7. The number of nitrogens with one attached hydrogen (secondary N) is 1. The Bertz CT molecular complexity index is 989. The predicted molar refractivity (Wildman–Crippen MR) is 114 cm³/mol. The molecule has 0 unspecified atom stereocenters. The number of ether oxygens (including phenoxy) is 3. The highest BCUT2D eigenvalue weighted by atomic mass is 32.2. The van der Waals surface area contributed by atoms with Crippen molar-refractivity contribution in [3.63, 3.8) is 0 Å². The molecule has 0 aliphatic carbocycles. The van der Waals surface area contributed by atoms with Crippen LogP contribution in [0.4, 0.5) is 5.82 Å². The van der Waals surface area contributed by atoms with Crippen molar-refractivity contribution in [2.45, 2.75) is 18.1 Å². The molecule has 0 bridgehead atoms. The average Bonchev–Trinajstić information content (AvgIpc) is 2.70. The molecule has 0 radical (unpaired) electrons. The molecular formula is C22H22N4O3S. The molecule has 30 heavy (non-hydrogen) atoms. The topological polar surface area (TPSA) is 100 Å². The summed E-state index contributed by atoms with van der Waals surface area (Å²) in [4.78, 5) is 4.62. The quantitative estimate of drug-likeness (QED) is 0.646. The molecule has 0 saturated carbocycles. The van der Waals surface area contributed by atoms with Crippen molar-refractivity contribution in [1.29, 1.82) is 10.5 Å². The smallest absolute Gasteiger partial charge is 0.146 e. The summed E-state index contributed by atoms with van der Waals surface area (Å²) in [5, 5.41) is 23.6. The minimum Gasteiger partial charge on any atom is -0.486 e. The van der Waals surface area contributed by atoms with Crippen LogP contribution in [0.25, 0.3) is 11.1 Å². The van der Waals surface area contributed by atoms with Crippen LogP contribution in [0.3, 0.4) is 0 Å². The lowest BCUT2D eigenvalue weighted by molar-refractivity contribution is -0.0796. The Morgan fingerprint density at radius 1 is 1.10 bits per heavy atom. The van der Waals surface area contributed by atoms with E-state index in [1.54, 1.807) is 11.8 Å². The first-order valence-corrected chi connectivity index (χ1v) is 10.9. The number of thioether (sulfide) groups is 1. The molecule has 2 aliphatic rings. The summed E-state index contributed by atoms with van der Waals surface area (Å²) in [6.07, 6.45) is 0.0833.